The average Bonchev–Trinajstić information content (AvgIpc) is 2.80. The molecule has 0 aliphatic carbocycles. The third-order valence-electron chi connectivity index (χ3n) is 4.82. The number of nitrogens with one attached hydrogen (secondary N) is 1. The fourth-order valence-electron chi connectivity index (χ4n) is 2.96. The number of hydrogen-bond acceptors (Lipinski definition) is 5. The van der Waals surface area contributed by atoms with E-state index in [9.17, 15) is 4.79 Å². The Hall–Kier alpha value is -3.80. The molecule has 0 saturated heterocycles. The molecule has 0 aliphatic rings. The maximum Gasteiger partial charge on any atom is 0.277 e. The minimum Gasteiger partial charge on any atom is -0.490 e. The summed E-state index contributed by atoms with van der Waals surface area (Å²) in [6.45, 7) is 6.72. The minimum atomic E-state index is -0.338. The number of ether oxygens (including phenoxy) is 3. The highest BCUT2D eigenvalue weighted by atomic mass is 16.5. The van der Waals surface area contributed by atoms with E-state index in [0.717, 1.165) is 22.3 Å². The molecule has 3 rings (SSSR count). The molecule has 3 aromatic carbocycles. The molecule has 1 N–H and O–H groups in total. The fourth-order valence-corrected chi connectivity index (χ4v) is 2.96. The third-order valence-corrected chi connectivity index (χ3v) is 4.82. The Kier molecular flexibility index (Phi) is 8.26. The van der Waals surface area contributed by atoms with E-state index >= 15 is 0 Å². The lowest BCUT2D eigenvalue weighted by Gasteiger charge is -2.12. The second-order valence-electron chi connectivity index (χ2n) is 7.19. The summed E-state index contributed by atoms with van der Waals surface area (Å²) < 4.78 is 17.2. The van der Waals surface area contributed by atoms with Gasteiger partial charge in [-0.15, -0.1) is 0 Å². The van der Waals surface area contributed by atoms with Crippen LogP contribution in [-0.2, 0) is 11.4 Å². The predicted molar refractivity (Wildman–Crippen MR) is 126 cm³/mol. The van der Waals surface area contributed by atoms with Crippen LogP contribution in [0.2, 0.25) is 0 Å². The van der Waals surface area contributed by atoms with Crippen molar-refractivity contribution >= 4 is 12.1 Å². The Morgan fingerprint density at radius 1 is 0.906 bits per heavy atom. The molecule has 166 valence electrons. The van der Waals surface area contributed by atoms with Crippen LogP contribution in [0, 0.1) is 13.8 Å². The average molecular weight is 433 g/mol. The first-order valence-electron chi connectivity index (χ1n) is 10.5. The highest BCUT2D eigenvalue weighted by Crippen LogP contribution is 2.29. The summed E-state index contributed by atoms with van der Waals surface area (Å²) >= 11 is 0. The van der Waals surface area contributed by atoms with Gasteiger partial charge in [-0.3, -0.25) is 4.79 Å². The van der Waals surface area contributed by atoms with Crippen molar-refractivity contribution in [3.63, 3.8) is 0 Å². The van der Waals surface area contributed by atoms with Crippen molar-refractivity contribution in [1.29, 1.82) is 0 Å². The topological polar surface area (TPSA) is 69.2 Å². The van der Waals surface area contributed by atoms with Gasteiger partial charge in [-0.05, 0) is 67.3 Å². The molecule has 0 aromatic heterocycles. The van der Waals surface area contributed by atoms with Crippen LogP contribution in [0.4, 0.5) is 0 Å². The molecule has 0 atom stereocenters. The number of carbonyl (C=O) groups excluding carboxylic acids is 1. The van der Waals surface area contributed by atoms with Gasteiger partial charge in [0.2, 0.25) is 0 Å². The van der Waals surface area contributed by atoms with E-state index in [2.05, 4.69) is 10.5 Å². The van der Waals surface area contributed by atoms with Crippen molar-refractivity contribution in [2.24, 2.45) is 5.10 Å². The number of hydrazone groups is 1. The number of nitrogens with zero attached hydrogens (tertiary/aromatic N) is 1. The Labute approximate surface area is 188 Å². The monoisotopic (exact) mass is 432 g/mol. The van der Waals surface area contributed by atoms with Crippen LogP contribution in [0.15, 0.2) is 71.8 Å². The van der Waals surface area contributed by atoms with Gasteiger partial charge in [0.25, 0.3) is 5.91 Å². The third kappa shape index (κ3) is 6.60. The Balaban J connectivity index is 1.55. The largest absolute Gasteiger partial charge is 0.490 e. The highest BCUT2D eigenvalue weighted by molar-refractivity contribution is 5.83. The summed E-state index contributed by atoms with van der Waals surface area (Å²) in [7, 11) is 0. The van der Waals surface area contributed by atoms with Gasteiger partial charge >= 0.3 is 0 Å². The highest BCUT2D eigenvalue weighted by Gasteiger charge is 2.08. The van der Waals surface area contributed by atoms with E-state index in [4.69, 9.17) is 14.2 Å². The van der Waals surface area contributed by atoms with Gasteiger partial charge in [0.05, 0.1) is 12.8 Å². The van der Waals surface area contributed by atoms with Crippen LogP contribution >= 0.6 is 0 Å². The van der Waals surface area contributed by atoms with Crippen LogP contribution < -0.4 is 19.6 Å². The number of benzene rings is 3. The van der Waals surface area contributed by atoms with Gasteiger partial charge in [-0.25, -0.2) is 5.43 Å². The van der Waals surface area contributed by atoms with E-state index < -0.39 is 0 Å². The van der Waals surface area contributed by atoms with Gasteiger partial charge in [-0.1, -0.05) is 42.5 Å². The van der Waals surface area contributed by atoms with E-state index in [-0.39, 0.29) is 12.5 Å². The fraction of sp³-hybridized carbons (Fsp3) is 0.231. The summed E-state index contributed by atoms with van der Waals surface area (Å²) in [5.74, 6) is 1.63. The molecule has 32 heavy (non-hydrogen) atoms. The van der Waals surface area contributed by atoms with Crippen molar-refractivity contribution in [1.82, 2.24) is 5.43 Å². The molecule has 0 radical (unpaired) electrons. The molecule has 0 saturated carbocycles. The van der Waals surface area contributed by atoms with Gasteiger partial charge in [0.1, 0.15) is 12.4 Å². The maximum atomic E-state index is 12.1. The van der Waals surface area contributed by atoms with Crippen LogP contribution in [0.3, 0.4) is 0 Å². The summed E-state index contributed by atoms with van der Waals surface area (Å²) in [4.78, 5) is 12.1. The lowest BCUT2D eigenvalue weighted by Crippen LogP contribution is -2.24. The molecule has 0 bridgehead atoms. The molecular formula is C26H28N2O4. The lowest BCUT2D eigenvalue weighted by molar-refractivity contribution is -0.123. The molecule has 3 aromatic rings. The van der Waals surface area contributed by atoms with Gasteiger partial charge in [0.15, 0.2) is 18.1 Å². The Morgan fingerprint density at radius 2 is 1.72 bits per heavy atom. The smallest absolute Gasteiger partial charge is 0.277 e. The van der Waals surface area contributed by atoms with Crippen molar-refractivity contribution in [3.8, 4) is 17.2 Å². The van der Waals surface area contributed by atoms with Crippen LogP contribution in [0.5, 0.6) is 17.2 Å². The number of amides is 1. The molecular weight excluding hydrogens is 404 g/mol. The van der Waals surface area contributed by atoms with Gasteiger partial charge in [-0.2, -0.15) is 5.10 Å². The zero-order chi connectivity index (χ0) is 22.8. The summed E-state index contributed by atoms with van der Waals surface area (Å²) in [6, 6.07) is 21.2. The summed E-state index contributed by atoms with van der Waals surface area (Å²) in [5, 5.41) is 4.02. The second-order valence-corrected chi connectivity index (χ2v) is 7.19. The molecule has 6 nitrogen and oxygen atoms in total. The molecule has 0 unspecified atom stereocenters. The van der Waals surface area contributed by atoms with Crippen molar-refractivity contribution in [2.75, 3.05) is 13.2 Å². The molecule has 1 amide bonds. The van der Waals surface area contributed by atoms with Gasteiger partial charge in [0, 0.05) is 0 Å². The molecule has 0 spiro atoms. The van der Waals surface area contributed by atoms with E-state index in [1.165, 1.54) is 0 Å². The Morgan fingerprint density at radius 3 is 2.50 bits per heavy atom. The first-order valence-corrected chi connectivity index (χ1v) is 10.5. The predicted octanol–water partition coefficient (Wildman–Crippen LogP) is 4.81. The standard InChI is InChI=1S/C26H28N2O4/c1-4-30-25-15-22(13-14-24(25)31-17-21-10-6-5-7-11-21)16-27-28-26(29)18-32-23-12-8-9-19(2)20(23)3/h5-16H,4,17-18H2,1-3H3,(H,28,29). The summed E-state index contributed by atoms with van der Waals surface area (Å²) in [5.41, 5.74) is 6.46. The number of carbonyl (C=O) groups is 1. The number of hydrogen-bond donors (Lipinski definition) is 1. The molecule has 0 fully saturated rings. The SMILES string of the molecule is CCOc1cc(C=NNC(=O)COc2cccc(C)c2C)ccc1OCc1ccccc1. The van der Waals surface area contributed by atoms with Crippen molar-refractivity contribution in [3.05, 3.63) is 89.0 Å². The zero-order valence-corrected chi connectivity index (χ0v) is 18.6. The Bertz CT molecular complexity index is 1060. The molecule has 6 heteroatoms. The molecule has 0 heterocycles. The van der Waals surface area contributed by atoms with Crippen LogP contribution in [0.25, 0.3) is 0 Å². The lowest BCUT2D eigenvalue weighted by atomic mass is 10.1. The van der Waals surface area contributed by atoms with Gasteiger partial charge < -0.3 is 14.2 Å². The first kappa shape index (κ1) is 22.9. The minimum absolute atomic E-state index is 0.113. The van der Waals surface area contributed by atoms with E-state index in [1.54, 1.807) is 6.21 Å². The maximum absolute atomic E-state index is 12.1. The summed E-state index contributed by atoms with van der Waals surface area (Å²) in [6.07, 6.45) is 1.55. The normalized spacial score (nSPS) is 10.7. The zero-order valence-electron chi connectivity index (χ0n) is 18.6. The number of rotatable bonds is 10. The first-order chi connectivity index (χ1) is 15.6. The van der Waals surface area contributed by atoms with E-state index in [0.29, 0.717) is 30.5 Å². The van der Waals surface area contributed by atoms with Crippen molar-refractivity contribution < 1.29 is 19.0 Å². The second kappa shape index (κ2) is 11.6. The van der Waals surface area contributed by atoms with E-state index in [1.807, 2.05) is 87.5 Å². The molecule has 0 aliphatic heterocycles. The van der Waals surface area contributed by atoms with Crippen molar-refractivity contribution in [2.45, 2.75) is 27.4 Å². The van der Waals surface area contributed by atoms with Crippen LogP contribution in [0.1, 0.15) is 29.2 Å². The quantitative estimate of drug-likeness (QED) is 0.369. The van der Waals surface area contributed by atoms with Crippen LogP contribution in [-0.4, -0.2) is 25.3 Å². The number of aryl methyl sites for hydroxylation is 1.